The van der Waals surface area contributed by atoms with Crippen molar-refractivity contribution in [2.45, 2.75) is 87.0 Å². The Bertz CT molecular complexity index is 1080. The Morgan fingerprint density at radius 2 is 1.49 bits per heavy atom. The molecule has 0 aliphatic carbocycles. The SMILES string of the molecule is C.C=CN.CC.CCCc1ccc(CCCc2cc(CCC)c(C)c(-c3ccc(F)cc3)n2)cc1OC.CNOC. The fourth-order valence-electron chi connectivity index (χ4n) is 4.16. The van der Waals surface area contributed by atoms with Crippen molar-refractivity contribution in [1.29, 1.82) is 0 Å². The summed E-state index contributed by atoms with van der Waals surface area (Å²) in [5.74, 6) is 0.781. The highest BCUT2D eigenvalue weighted by Gasteiger charge is 2.12. The summed E-state index contributed by atoms with van der Waals surface area (Å²) in [5.41, 5.74) is 15.2. The summed E-state index contributed by atoms with van der Waals surface area (Å²) in [6.07, 6.45) is 8.48. The molecule has 0 radical (unpaired) electrons. The molecule has 0 aliphatic rings. The minimum Gasteiger partial charge on any atom is -0.496 e. The van der Waals surface area contributed by atoms with Crippen molar-refractivity contribution >= 4 is 0 Å². The lowest BCUT2D eigenvalue weighted by Crippen LogP contribution is -2.02. The number of rotatable bonds is 11. The minimum atomic E-state index is -0.216. The predicted octanol–water partition coefficient (Wildman–Crippen LogP) is 8.80. The molecular formula is C35H56FN3O2. The number of hydrogen-bond acceptors (Lipinski definition) is 5. The summed E-state index contributed by atoms with van der Waals surface area (Å²) in [4.78, 5) is 9.26. The minimum absolute atomic E-state index is 0. The summed E-state index contributed by atoms with van der Waals surface area (Å²) in [5, 5.41) is 0. The largest absolute Gasteiger partial charge is 0.496 e. The molecule has 0 atom stereocenters. The van der Waals surface area contributed by atoms with Gasteiger partial charge in [-0.15, -0.1) is 0 Å². The molecule has 0 unspecified atom stereocenters. The number of nitrogens with one attached hydrogen (secondary N) is 1. The van der Waals surface area contributed by atoms with E-state index in [4.69, 9.17) is 9.72 Å². The fourth-order valence-corrected chi connectivity index (χ4v) is 4.16. The number of nitrogens with zero attached hydrogens (tertiary/aromatic N) is 1. The van der Waals surface area contributed by atoms with E-state index in [9.17, 15) is 4.39 Å². The Morgan fingerprint density at radius 3 is 2.00 bits per heavy atom. The van der Waals surface area contributed by atoms with E-state index in [0.29, 0.717) is 0 Å². The second-order valence-electron chi connectivity index (χ2n) is 8.90. The summed E-state index contributed by atoms with van der Waals surface area (Å²) in [6, 6.07) is 15.5. The van der Waals surface area contributed by atoms with E-state index in [-0.39, 0.29) is 13.2 Å². The highest BCUT2D eigenvalue weighted by molar-refractivity contribution is 5.64. The van der Waals surface area contributed by atoms with E-state index in [1.807, 2.05) is 26.0 Å². The number of hydroxylamine groups is 1. The lowest BCUT2D eigenvalue weighted by Gasteiger charge is -2.14. The maximum Gasteiger partial charge on any atom is 0.123 e. The summed E-state index contributed by atoms with van der Waals surface area (Å²) < 4.78 is 19.0. The first kappa shape index (κ1) is 39.9. The van der Waals surface area contributed by atoms with Crippen molar-refractivity contribution in [3.63, 3.8) is 0 Å². The van der Waals surface area contributed by atoms with Gasteiger partial charge in [0.1, 0.15) is 11.6 Å². The third kappa shape index (κ3) is 14.8. The van der Waals surface area contributed by atoms with E-state index in [0.717, 1.165) is 67.6 Å². The lowest BCUT2D eigenvalue weighted by atomic mass is 9.96. The van der Waals surface area contributed by atoms with Crippen LogP contribution in [0.5, 0.6) is 5.75 Å². The molecule has 1 heterocycles. The third-order valence-corrected chi connectivity index (χ3v) is 6.04. The molecule has 3 N–H and O–H groups in total. The van der Waals surface area contributed by atoms with Crippen molar-refractivity contribution in [1.82, 2.24) is 10.5 Å². The Labute approximate surface area is 250 Å². The summed E-state index contributed by atoms with van der Waals surface area (Å²) in [7, 11) is 5.03. The van der Waals surface area contributed by atoms with Crippen LogP contribution in [0.3, 0.4) is 0 Å². The van der Waals surface area contributed by atoms with Crippen LogP contribution >= 0.6 is 0 Å². The zero-order chi connectivity index (χ0) is 30.3. The number of nitrogens with two attached hydrogens (primary N) is 1. The Balaban J connectivity index is 0. The zero-order valence-corrected chi connectivity index (χ0v) is 26.1. The second-order valence-corrected chi connectivity index (χ2v) is 8.90. The van der Waals surface area contributed by atoms with E-state index in [1.54, 1.807) is 21.3 Å². The van der Waals surface area contributed by atoms with Crippen LogP contribution < -0.4 is 16.0 Å². The van der Waals surface area contributed by atoms with E-state index < -0.39 is 0 Å². The molecular weight excluding hydrogens is 513 g/mol. The quantitative estimate of drug-likeness (QED) is 0.226. The van der Waals surface area contributed by atoms with Crippen LogP contribution in [0.25, 0.3) is 11.3 Å². The van der Waals surface area contributed by atoms with Crippen molar-refractivity contribution < 1.29 is 14.0 Å². The molecule has 6 heteroatoms. The van der Waals surface area contributed by atoms with Gasteiger partial charge in [-0.1, -0.05) is 66.7 Å². The third-order valence-electron chi connectivity index (χ3n) is 6.04. The predicted molar refractivity (Wildman–Crippen MR) is 176 cm³/mol. The molecule has 0 spiro atoms. The van der Waals surface area contributed by atoms with Gasteiger partial charge >= 0.3 is 0 Å². The van der Waals surface area contributed by atoms with Crippen molar-refractivity contribution in [2.24, 2.45) is 5.73 Å². The van der Waals surface area contributed by atoms with Gasteiger partial charge in [0.15, 0.2) is 0 Å². The molecule has 3 aromatic rings. The molecule has 41 heavy (non-hydrogen) atoms. The van der Waals surface area contributed by atoms with Gasteiger partial charge in [-0.3, -0.25) is 4.98 Å². The molecule has 3 rings (SSSR count). The molecule has 0 bridgehead atoms. The molecule has 1 aromatic heterocycles. The van der Waals surface area contributed by atoms with Crippen molar-refractivity contribution in [3.05, 3.63) is 95.1 Å². The number of halogens is 1. The molecule has 5 nitrogen and oxygen atoms in total. The number of aromatic nitrogens is 1. The normalized spacial score (nSPS) is 9.49. The maximum absolute atomic E-state index is 13.4. The monoisotopic (exact) mass is 569 g/mol. The van der Waals surface area contributed by atoms with Gasteiger partial charge in [-0.05, 0) is 104 Å². The van der Waals surface area contributed by atoms with E-state index >= 15 is 0 Å². The number of hydrogen-bond donors (Lipinski definition) is 2. The number of aryl methyl sites for hydroxylation is 4. The molecule has 0 saturated carbocycles. The maximum atomic E-state index is 13.4. The summed E-state index contributed by atoms with van der Waals surface area (Å²) >= 11 is 0. The Morgan fingerprint density at radius 1 is 0.927 bits per heavy atom. The fraction of sp³-hybridized carbons (Fsp3) is 0.457. The van der Waals surface area contributed by atoms with Crippen LogP contribution in [0.2, 0.25) is 0 Å². The first-order valence-corrected chi connectivity index (χ1v) is 14.3. The van der Waals surface area contributed by atoms with Crippen LogP contribution in [0.1, 0.15) is 82.3 Å². The number of pyridine rings is 1. The Kier molecular flexibility index (Phi) is 23.9. The molecule has 230 valence electrons. The first-order valence-electron chi connectivity index (χ1n) is 14.3. The van der Waals surface area contributed by atoms with Crippen LogP contribution in [-0.4, -0.2) is 26.3 Å². The number of benzene rings is 2. The van der Waals surface area contributed by atoms with Crippen molar-refractivity contribution in [3.8, 4) is 17.0 Å². The van der Waals surface area contributed by atoms with Gasteiger partial charge < -0.3 is 15.3 Å². The summed E-state index contributed by atoms with van der Waals surface area (Å²) in [6.45, 7) is 13.7. The second kappa shape index (κ2) is 24.6. The van der Waals surface area contributed by atoms with E-state index in [1.165, 1.54) is 40.6 Å². The highest BCUT2D eigenvalue weighted by atomic mass is 19.1. The van der Waals surface area contributed by atoms with Gasteiger partial charge in [0.25, 0.3) is 0 Å². The van der Waals surface area contributed by atoms with Crippen LogP contribution in [0.4, 0.5) is 4.39 Å². The lowest BCUT2D eigenvalue weighted by molar-refractivity contribution is 0.112. The van der Waals surface area contributed by atoms with Gasteiger partial charge in [-0.25, -0.2) is 9.87 Å². The molecule has 0 aliphatic heterocycles. The smallest absolute Gasteiger partial charge is 0.123 e. The molecule has 0 amide bonds. The van der Waals surface area contributed by atoms with Gasteiger partial charge in [0.05, 0.1) is 19.9 Å². The van der Waals surface area contributed by atoms with Gasteiger partial charge in [0.2, 0.25) is 0 Å². The topological polar surface area (TPSA) is 69.4 Å². The van der Waals surface area contributed by atoms with Gasteiger partial charge in [-0.2, -0.15) is 0 Å². The average molecular weight is 570 g/mol. The highest BCUT2D eigenvalue weighted by Crippen LogP contribution is 2.27. The molecule has 0 fully saturated rings. The van der Waals surface area contributed by atoms with Crippen LogP contribution in [-0.2, 0) is 30.5 Å². The van der Waals surface area contributed by atoms with Crippen LogP contribution in [0, 0.1) is 12.7 Å². The molecule has 2 aromatic carbocycles. The number of ether oxygens (including phenoxy) is 1. The first-order chi connectivity index (χ1) is 19.4. The van der Waals surface area contributed by atoms with E-state index in [2.05, 4.69) is 67.7 Å². The standard InChI is InChI=1S/C28H34FNO.C2H7NO.C2H5N.C2H6.CH4/c1-5-8-22-13-12-21(18-27(22)31-4)10-7-11-26-19-24(9-6-2)20(3)28(30-26)23-14-16-25(29)17-15-23;1-3-4-2;1-2-3;1-2;/h12-19H,5-11H2,1-4H3;3H,1-2H3;2H,1,3H2;1-2H3;1H4. The van der Waals surface area contributed by atoms with Gasteiger partial charge in [0, 0.05) is 18.3 Å². The van der Waals surface area contributed by atoms with Crippen LogP contribution in [0.15, 0.2) is 61.3 Å². The average Bonchev–Trinajstić information content (AvgIpc) is 2.97. The van der Waals surface area contributed by atoms with Crippen molar-refractivity contribution in [2.75, 3.05) is 21.3 Å². The zero-order valence-electron chi connectivity index (χ0n) is 26.1. The Hall–Kier alpha value is -3.22. The number of methoxy groups -OCH3 is 1. The molecule has 0 saturated heterocycles.